The Hall–Kier alpha value is -3.23. The van der Waals surface area contributed by atoms with Gasteiger partial charge in [-0.15, -0.1) is 0 Å². The van der Waals surface area contributed by atoms with E-state index in [9.17, 15) is 24.0 Å². The van der Waals surface area contributed by atoms with Crippen LogP contribution >= 0.6 is 0 Å². The standard InChI is InChI=1S/C17H17N3O6/c1-9(20-15(23)11-5-3-4-6-12(11)16(20)24)14(22)19-8-10(17(25)26-2)7-13(21)18-19/h3-6,9-10H,7-8H2,1-2H3,(H,18,21). The summed E-state index contributed by atoms with van der Waals surface area (Å²) in [6.07, 6.45) is -0.0994. The second kappa shape index (κ2) is 6.58. The molecular formula is C17H17N3O6. The number of imide groups is 1. The van der Waals surface area contributed by atoms with Crippen molar-refractivity contribution >= 4 is 29.6 Å². The molecule has 9 heteroatoms. The van der Waals surface area contributed by atoms with Gasteiger partial charge in [0.1, 0.15) is 6.04 Å². The minimum atomic E-state index is -1.14. The van der Waals surface area contributed by atoms with Gasteiger partial charge in [0, 0.05) is 6.42 Å². The maximum absolute atomic E-state index is 12.7. The van der Waals surface area contributed by atoms with Crippen molar-refractivity contribution in [2.75, 3.05) is 13.7 Å². The third-order valence-electron chi connectivity index (χ3n) is 4.47. The number of hydrogen-bond acceptors (Lipinski definition) is 6. The highest BCUT2D eigenvalue weighted by molar-refractivity contribution is 6.22. The Morgan fingerprint density at radius 3 is 2.27 bits per heavy atom. The molecule has 1 fully saturated rings. The van der Waals surface area contributed by atoms with Crippen LogP contribution < -0.4 is 5.43 Å². The van der Waals surface area contributed by atoms with E-state index < -0.39 is 41.6 Å². The topological polar surface area (TPSA) is 113 Å². The lowest BCUT2D eigenvalue weighted by atomic mass is 10.0. The van der Waals surface area contributed by atoms with E-state index in [0.717, 1.165) is 9.91 Å². The van der Waals surface area contributed by atoms with Crippen molar-refractivity contribution in [3.63, 3.8) is 0 Å². The maximum atomic E-state index is 12.7. The number of methoxy groups -OCH3 is 1. The number of nitrogens with zero attached hydrogens (tertiary/aromatic N) is 2. The van der Waals surface area contributed by atoms with Crippen molar-refractivity contribution in [1.82, 2.24) is 15.3 Å². The van der Waals surface area contributed by atoms with Crippen LogP contribution in [0.25, 0.3) is 0 Å². The Morgan fingerprint density at radius 2 is 1.73 bits per heavy atom. The number of fused-ring (bicyclic) bond motifs is 1. The van der Waals surface area contributed by atoms with E-state index in [1.807, 2.05) is 0 Å². The quantitative estimate of drug-likeness (QED) is 0.587. The summed E-state index contributed by atoms with van der Waals surface area (Å²) in [5, 5.41) is 0.960. The minimum Gasteiger partial charge on any atom is -0.469 e. The number of esters is 1. The van der Waals surface area contributed by atoms with Gasteiger partial charge >= 0.3 is 5.97 Å². The number of carbonyl (C=O) groups excluding carboxylic acids is 5. The average Bonchev–Trinajstić information content (AvgIpc) is 2.90. The Labute approximate surface area is 148 Å². The first-order valence-electron chi connectivity index (χ1n) is 8.00. The molecule has 0 radical (unpaired) electrons. The van der Waals surface area contributed by atoms with Crippen molar-refractivity contribution < 1.29 is 28.7 Å². The molecule has 1 aromatic carbocycles. The maximum Gasteiger partial charge on any atom is 0.311 e. The summed E-state index contributed by atoms with van der Waals surface area (Å²) in [7, 11) is 1.20. The number of hydrogen-bond donors (Lipinski definition) is 1. The van der Waals surface area contributed by atoms with E-state index in [1.54, 1.807) is 12.1 Å². The molecular weight excluding hydrogens is 342 g/mol. The molecule has 0 aromatic heterocycles. The molecule has 0 saturated carbocycles. The molecule has 26 heavy (non-hydrogen) atoms. The fourth-order valence-corrected chi connectivity index (χ4v) is 3.12. The molecule has 4 amide bonds. The molecule has 0 aliphatic carbocycles. The predicted octanol–water partition coefficient (Wildman–Crippen LogP) is -0.276. The van der Waals surface area contributed by atoms with E-state index in [2.05, 4.69) is 10.2 Å². The van der Waals surface area contributed by atoms with Crippen LogP contribution in [0.2, 0.25) is 0 Å². The van der Waals surface area contributed by atoms with Gasteiger partial charge in [0.2, 0.25) is 5.91 Å². The summed E-state index contributed by atoms with van der Waals surface area (Å²) < 4.78 is 4.63. The summed E-state index contributed by atoms with van der Waals surface area (Å²) in [6.45, 7) is 1.31. The number of nitrogens with one attached hydrogen (secondary N) is 1. The van der Waals surface area contributed by atoms with Gasteiger partial charge in [0.05, 0.1) is 30.7 Å². The van der Waals surface area contributed by atoms with Crippen molar-refractivity contribution in [2.24, 2.45) is 5.92 Å². The molecule has 2 unspecified atom stereocenters. The zero-order chi connectivity index (χ0) is 19.0. The van der Waals surface area contributed by atoms with Gasteiger partial charge < -0.3 is 4.74 Å². The number of ether oxygens (including phenoxy) is 1. The first-order chi connectivity index (χ1) is 12.3. The lowest BCUT2D eigenvalue weighted by Gasteiger charge is -2.34. The molecule has 136 valence electrons. The average molecular weight is 359 g/mol. The van der Waals surface area contributed by atoms with Crippen molar-refractivity contribution in [3.8, 4) is 0 Å². The van der Waals surface area contributed by atoms with Crippen molar-refractivity contribution in [2.45, 2.75) is 19.4 Å². The zero-order valence-corrected chi connectivity index (χ0v) is 14.2. The normalized spacial score (nSPS) is 20.5. The highest BCUT2D eigenvalue weighted by Crippen LogP contribution is 2.25. The molecule has 1 aromatic rings. The van der Waals surface area contributed by atoms with E-state index in [1.165, 1.54) is 26.2 Å². The smallest absolute Gasteiger partial charge is 0.311 e. The summed E-state index contributed by atoms with van der Waals surface area (Å²) in [5.74, 6) is -3.73. The third kappa shape index (κ3) is 2.81. The van der Waals surface area contributed by atoms with E-state index in [-0.39, 0.29) is 24.1 Å². The fourth-order valence-electron chi connectivity index (χ4n) is 3.12. The third-order valence-corrected chi connectivity index (χ3v) is 4.47. The summed E-state index contributed by atoms with van der Waals surface area (Å²) in [6, 6.07) is 5.15. The van der Waals surface area contributed by atoms with Gasteiger partial charge in [-0.2, -0.15) is 0 Å². The molecule has 3 rings (SSSR count). The number of benzene rings is 1. The fraction of sp³-hybridized carbons (Fsp3) is 0.353. The summed E-state index contributed by atoms with van der Waals surface area (Å²) >= 11 is 0. The Balaban J connectivity index is 1.80. The van der Waals surface area contributed by atoms with Gasteiger partial charge in [-0.05, 0) is 19.1 Å². The van der Waals surface area contributed by atoms with Gasteiger partial charge in [0.15, 0.2) is 0 Å². The number of rotatable bonds is 3. The summed E-state index contributed by atoms with van der Waals surface area (Å²) in [5.41, 5.74) is 2.83. The SMILES string of the molecule is COC(=O)C1CC(=O)NN(C(=O)C(C)N2C(=O)c3ccccc3C2=O)C1. The number of carbonyl (C=O) groups is 5. The van der Waals surface area contributed by atoms with Crippen LogP contribution in [0.5, 0.6) is 0 Å². The molecule has 2 heterocycles. The molecule has 1 N–H and O–H groups in total. The second-order valence-electron chi connectivity index (χ2n) is 6.11. The van der Waals surface area contributed by atoms with Crippen LogP contribution in [-0.4, -0.2) is 59.2 Å². The van der Waals surface area contributed by atoms with Crippen LogP contribution in [0.1, 0.15) is 34.1 Å². The van der Waals surface area contributed by atoms with Crippen molar-refractivity contribution in [3.05, 3.63) is 35.4 Å². The highest BCUT2D eigenvalue weighted by Gasteiger charge is 2.43. The van der Waals surface area contributed by atoms with Gasteiger partial charge in [-0.3, -0.25) is 39.3 Å². The Kier molecular flexibility index (Phi) is 4.45. The molecule has 0 spiro atoms. The second-order valence-corrected chi connectivity index (χ2v) is 6.11. The predicted molar refractivity (Wildman–Crippen MR) is 86.4 cm³/mol. The van der Waals surface area contributed by atoms with Crippen LogP contribution in [0.15, 0.2) is 24.3 Å². The molecule has 9 nitrogen and oxygen atoms in total. The first kappa shape index (κ1) is 17.6. The first-order valence-corrected chi connectivity index (χ1v) is 8.00. The molecule has 2 atom stereocenters. The number of hydrazine groups is 1. The Bertz CT molecular complexity index is 785. The van der Waals surface area contributed by atoms with Crippen LogP contribution in [0.3, 0.4) is 0 Å². The van der Waals surface area contributed by atoms with Crippen LogP contribution in [-0.2, 0) is 19.1 Å². The van der Waals surface area contributed by atoms with Crippen LogP contribution in [0.4, 0.5) is 0 Å². The Morgan fingerprint density at radius 1 is 1.15 bits per heavy atom. The lowest BCUT2D eigenvalue weighted by Crippen LogP contribution is -2.59. The monoisotopic (exact) mass is 359 g/mol. The van der Waals surface area contributed by atoms with Crippen LogP contribution in [0, 0.1) is 5.92 Å². The molecule has 1 saturated heterocycles. The highest BCUT2D eigenvalue weighted by atomic mass is 16.5. The van der Waals surface area contributed by atoms with Crippen molar-refractivity contribution in [1.29, 1.82) is 0 Å². The lowest BCUT2D eigenvalue weighted by molar-refractivity contribution is -0.158. The largest absolute Gasteiger partial charge is 0.469 e. The van der Waals surface area contributed by atoms with Gasteiger partial charge in [-0.25, -0.2) is 0 Å². The molecule has 0 bridgehead atoms. The van der Waals surface area contributed by atoms with Gasteiger partial charge in [0.25, 0.3) is 17.7 Å². The van der Waals surface area contributed by atoms with E-state index in [4.69, 9.17) is 0 Å². The molecule has 2 aliphatic rings. The van der Waals surface area contributed by atoms with Gasteiger partial charge in [-0.1, -0.05) is 12.1 Å². The molecule has 2 aliphatic heterocycles. The summed E-state index contributed by atoms with van der Waals surface area (Å²) in [4.78, 5) is 62.1. The van der Waals surface area contributed by atoms with E-state index >= 15 is 0 Å². The van der Waals surface area contributed by atoms with E-state index in [0.29, 0.717) is 0 Å². The zero-order valence-electron chi connectivity index (χ0n) is 14.2. The number of amides is 4. The minimum absolute atomic E-state index is 0.0925.